The molecule has 0 saturated heterocycles. The van der Waals surface area contributed by atoms with Crippen LogP contribution >= 0.6 is 15.9 Å². The van der Waals surface area contributed by atoms with Crippen molar-refractivity contribution >= 4 is 21.9 Å². The topological polar surface area (TPSA) is 46.5 Å². The Morgan fingerprint density at radius 3 is 2.00 bits per heavy atom. The molecule has 0 aliphatic carbocycles. The number of benzene rings is 1. The van der Waals surface area contributed by atoms with E-state index in [1.165, 1.54) is 15.9 Å². The minimum absolute atomic E-state index is 0.175. The minimum atomic E-state index is -4.74. The van der Waals surface area contributed by atoms with E-state index < -0.39 is 22.7 Å². The van der Waals surface area contributed by atoms with Crippen LogP contribution in [-0.4, -0.2) is 22.0 Å². The van der Waals surface area contributed by atoms with E-state index in [1.807, 2.05) is 0 Å². The van der Waals surface area contributed by atoms with Crippen molar-refractivity contribution in [1.82, 2.24) is 0 Å². The Morgan fingerprint density at radius 2 is 1.65 bits per heavy atom. The molecule has 0 aliphatic heterocycles. The molecule has 0 bridgehead atoms. The van der Waals surface area contributed by atoms with Gasteiger partial charge >= 0.3 is 16.9 Å². The number of ether oxygens (including phenoxy) is 1. The highest BCUT2D eigenvalue weighted by Crippen LogP contribution is 2.40. The molecule has 0 heterocycles. The second kappa shape index (κ2) is 4.52. The molecule has 3 nitrogen and oxygen atoms in total. The smallest absolute Gasteiger partial charge is 0.475 e. The van der Waals surface area contributed by atoms with Crippen molar-refractivity contribution in [3.05, 3.63) is 29.8 Å². The number of carbonyl (C=O) groups is 1. The summed E-state index contributed by atoms with van der Waals surface area (Å²) >= 11 is 1.49. The van der Waals surface area contributed by atoms with Crippen LogP contribution in [0.5, 0.6) is 5.75 Å². The molecule has 0 radical (unpaired) electrons. The average molecular weight is 317 g/mol. The van der Waals surface area contributed by atoms with E-state index in [0.717, 1.165) is 24.3 Å². The fraction of sp³-hybridized carbons (Fsp3) is 0.222. The number of hydrogen-bond acceptors (Lipinski definition) is 2. The van der Waals surface area contributed by atoms with Crippen molar-refractivity contribution < 1.29 is 32.2 Å². The molecule has 0 spiro atoms. The standard InChI is InChI=1S/C9H5BrF4O3/c10-8(11,12)9(13,14)17-6-3-1-5(2-4-6)7(15)16/h1-4H,(H,15,16). The first-order valence-electron chi connectivity index (χ1n) is 4.10. The second-order valence-electron chi connectivity index (χ2n) is 2.95. The van der Waals surface area contributed by atoms with Gasteiger partial charge in [-0.2, -0.15) is 17.6 Å². The lowest BCUT2D eigenvalue weighted by Gasteiger charge is -2.21. The summed E-state index contributed by atoms with van der Waals surface area (Å²) in [6.07, 6.45) is -4.74. The number of halogens is 5. The summed E-state index contributed by atoms with van der Waals surface area (Å²) in [5.41, 5.74) is -0.175. The van der Waals surface area contributed by atoms with Crippen molar-refractivity contribution in [3.63, 3.8) is 0 Å². The Balaban J connectivity index is 2.86. The maximum Gasteiger partial charge on any atom is 0.475 e. The van der Waals surface area contributed by atoms with Crippen molar-refractivity contribution in [2.24, 2.45) is 0 Å². The van der Waals surface area contributed by atoms with Gasteiger partial charge in [-0.1, -0.05) is 0 Å². The molecule has 1 N–H and O–H groups in total. The molecule has 94 valence electrons. The van der Waals surface area contributed by atoms with E-state index in [4.69, 9.17) is 5.11 Å². The van der Waals surface area contributed by atoms with E-state index in [-0.39, 0.29) is 5.56 Å². The maximum absolute atomic E-state index is 12.7. The highest BCUT2D eigenvalue weighted by molar-refractivity contribution is 9.10. The highest BCUT2D eigenvalue weighted by atomic mass is 79.9. The van der Waals surface area contributed by atoms with Gasteiger partial charge in [0.1, 0.15) is 5.75 Å². The summed E-state index contributed by atoms with van der Waals surface area (Å²) < 4.78 is 53.9. The van der Waals surface area contributed by atoms with Gasteiger partial charge < -0.3 is 9.84 Å². The third-order valence-electron chi connectivity index (χ3n) is 1.68. The van der Waals surface area contributed by atoms with Crippen molar-refractivity contribution in [3.8, 4) is 5.75 Å². The zero-order valence-corrected chi connectivity index (χ0v) is 9.55. The first kappa shape index (κ1) is 13.8. The number of alkyl halides is 5. The zero-order chi connectivity index (χ0) is 13.3. The number of carboxylic acids is 1. The molecule has 0 amide bonds. The number of hydrogen-bond donors (Lipinski definition) is 1. The van der Waals surface area contributed by atoms with E-state index in [9.17, 15) is 22.4 Å². The number of carboxylic acid groups (broad SMARTS) is 1. The fourth-order valence-electron chi connectivity index (χ4n) is 0.871. The summed E-state index contributed by atoms with van der Waals surface area (Å²) in [5.74, 6) is -1.84. The third kappa shape index (κ3) is 3.32. The summed E-state index contributed by atoms with van der Waals surface area (Å²) in [4.78, 5) is 5.92. The Kier molecular flexibility index (Phi) is 3.65. The van der Waals surface area contributed by atoms with E-state index in [2.05, 4.69) is 4.74 Å². The SMILES string of the molecule is O=C(O)c1ccc(OC(F)(F)C(F)(F)Br)cc1. The normalized spacial score (nSPS) is 12.3. The van der Waals surface area contributed by atoms with Gasteiger partial charge in [0.25, 0.3) is 0 Å². The van der Waals surface area contributed by atoms with Crippen molar-refractivity contribution in [2.45, 2.75) is 10.9 Å². The Morgan fingerprint density at radius 1 is 1.18 bits per heavy atom. The first-order valence-corrected chi connectivity index (χ1v) is 4.90. The van der Waals surface area contributed by atoms with Gasteiger partial charge in [-0.15, -0.1) is 0 Å². The largest absolute Gasteiger partial charge is 0.478 e. The molecular formula is C9H5BrF4O3. The van der Waals surface area contributed by atoms with Crippen LogP contribution in [0.4, 0.5) is 17.6 Å². The van der Waals surface area contributed by atoms with Crippen LogP contribution in [0.15, 0.2) is 24.3 Å². The molecular weight excluding hydrogens is 312 g/mol. The molecule has 1 aromatic rings. The van der Waals surface area contributed by atoms with Gasteiger partial charge in [0.05, 0.1) is 5.56 Å². The summed E-state index contributed by atoms with van der Waals surface area (Å²) in [5, 5.41) is 8.52. The molecule has 0 unspecified atom stereocenters. The Bertz CT molecular complexity index is 413. The Hall–Kier alpha value is -1.31. The highest BCUT2D eigenvalue weighted by Gasteiger charge is 2.57. The predicted octanol–water partition coefficient (Wildman–Crippen LogP) is 3.34. The average Bonchev–Trinajstić information content (AvgIpc) is 2.16. The molecule has 0 saturated carbocycles. The maximum atomic E-state index is 12.7. The molecule has 0 aromatic heterocycles. The number of aromatic carboxylic acids is 1. The van der Waals surface area contributed by atoms with Gasteiger partial charge in [0.2, 0.25) is 0 Å². The van der Waals surface area contributed by atoms with Gasteiger partial charge in [0.15, 0.2) is 0 Å². The van der Waals surface area contributed by atoms with Crippen molar-refractivity contribution in [2.75, 3.05) is 0 Å². The summed E-state index contributed by atoms with van der Waals surface area (Å²) in [6.45, 7) is 0. The van der Waals surface area contributed by atoms with Crippen molar-refractivity contribution in [1.29, 1.82) is 0 Å². The first-order chi connectivity index (χ1) is 7.63. The van der Waals surface area contributed by atoms with E-state index in [1.54, 1.807) is 0 Å². The van der Waals surface area contributed by atoms with Crippen LogP contribution in [0.2, 0.25) is 0 Å². The van der Waals surface area contributed by atoms with Crippen LogP contribution in [0.25, 0.3) is 0 Å². The van der Waals surface area contributed by atoms with Crippen LogP contribution in [0, 0.1) is 0 Å². The fourth-order valence-corrected chi connectivity index (χ4v) is 0.952. The van der Waals surface area contributed by atoms with E-state index >= 15 is 0 Å². The summed E-state index contributed by atoms with van der Waals surface area (Å²) in [7, 11) is 0. The van der Waals surface area contributed by atoms with Gasteiger partial charge in [-0.3, -0.25) is 0 Å². The molecule has 1 aromatic carbocycles. The second-order valence-corrected chi connectivity index (χ2v) is 3.94. The lowest BCUT2D eigenvalue weighted by molar-refractivity contribution is -0.266. The quantitative estimate of drug-likeness (QED) is 0.684. The number of rotatable bonds is 4. The van der Waals surface area contributed by atoms with Crippen LogP contribution < -0.4 is 4.74 Å². The Labute approximate surface area is 101 Å². The van der Waals surface area contributed by atoms with Crippen LogP contribution in [0.1, 0.15) is 10.4 Å². The molecule has 1 rings (SSSR count). The van der Waals surface area contributed by atoms with E-state index in [0.29, 0.717) is 0 Å². The minimum Gasteiger partial charge on any atom is -0.478 e. The lowest BCUT2D eigenvalue weighted by Crippen LogP contribution is -2.40. The predicted molar refractivity (Wildman–Crippen MR) is 52.9 cm³/mol. The summed E-state index contributed by atoms with van der Waals surface area (Å²) in [6, 6.07) is 3.63. The van der Waals surface area contributed by atoms with Crippen LogP contribution in [-0.2, 0) is 0 Å². The lowest BCUT2D eigenvalue weighted by atomic mass is 10.2. The monoisotopic (exact) mass is 316 g/mol. The molecule has 17 heavy (non-hydrogen) atoms. The molecule has 0 atom stereocenters. The van der Waals surface area contributed by atoms with Crippen LogP contribution in [0.3, 0.4) is 0 Å². The molecule has 0 aliphatic rings. The van der Waals surface area contributed by atoms with Gasteiger partial charge in [0, 0.05) is 15.9 Å². The molecule has 0 fully saturated rings. The zero-order valence-electron chi connectivity index (χ0n) is 7.96. The molecule has 8 heteroatoms. The third-order valence-corrected chi connectivity index (χ3v) is 2.14. The van der Waals surface area contributed by atoms with Gasteiger partial charge in [-0.05, 0) is 24.3 Å². The van der Waals surface area contributed by atoms with Gasteiger partial charge in [-0.25, -0.2) is 4.79 Å².